The zero-order chi connectivity index (χ0) is 60.3. The summed E-state index contributed by atoms with van der Waals surface area (Å²) in [6.45, 7) is 12.6. The van der Waals surface area contributed by atoms with Gasteiger partial charge in [0.15, 0.2) is 0 Å². The lowest BCUT2D eigenvalue weighted by atomic mass is 9.97. The zero-order valence-corrected chi connectivity index (χ0v) is 50.6. The highest BCUT2D eigenvalue weighted by Crippen LogP contribution is 2.32. The second kappa shape index (κ2) is 29.4. The molecule has 0 aliphatic heterocycles. The molecule has 0 unspecified atom stereocenters. The number of rotatable bonds is 4. The van der Waals surface area contributed by atoms with Crippen LogP contribution >= 0.6 is 0 Å². The van der Waals surface area contributed by atoms with Crippen molar-refractivity contribution in [2.75, 3.05) is 0 Å². The van der Waals surface area contributed by atoms with Gasteiger partial charge in [0.1, 0.15) is 5.82 Å². The molecule has 0 nitrogen and oxygen atoms in total. The summed E-state index contributed by atoms with van der Waals surface area (Å²) in [6.07, 6.45) is 0. The van der Waals surface area contributed by atoms with Gasteiger partial charge < -0.3 is 0 Å². The van der Waals surface area contributed by atoms with E-state index in [-0.39, 0.29) is 5.82 Å². The predicted molar refractivity (Wildman–Crippen MR) is 376 cm³/mol. The Labute approximate surface area is 514 Å². The van der Waals surface area contributed by atoms with Gasteiger partial charge in [-0.15, -0.1) is 0 Å². The molecular weight excluding hydrogens is 1050 g/mol. The van der Waals surface area contributed by atoms with Crippen molar-refractivity contribution in [2.45, 2.75) is 41.5 Å². The van der Waals surface area contributed by atoms with E-state index in [1.807, 2.05) is 43.3 Å². The maximum atomic E-state index is 13.5. The van der Waals surface area contributed by atoms with Crippen LogP contribution in [0.4, 0.5) is 4.39 Å². The molecule has 0 N–H and O–H groups in total. The van der Waals surface area contributed by atoms with Gasteiger partial charge in [0.25, 0.3) is 0 Å². The Bertz CT molecular complexity index is 4530. The summed E-state index contributed by atoms with van der Waals surface area (Å²) in [5.41, 5.74) is 17.3. The first kappa shape index (κ1) is 59.7. The fourth-order valence-electron chi connectivity index (χ4n) is 11.1. The standard InChI is InChI=1S/C19H16.C17H13F.C15H12.C13H12.2C11H10/c1-15-12-18(16-8-4-2-5-9-16)14-19(13-15)17-10-6-3-7-11-17;1-12-9-14(11-15(18)10-12)17-8-4-6-13-5-2-3-7-16(13)17;1-11-14-8-4-2-6-12(14)10-13-7-3-5-9-15(11)13;1-11-7-9-13(10-8-11)12-5-3-2-4-6-12;1-9-5-4-7-10-6-2-3-8-11(9)10;1-9-6-7-10-4-2-3-5-11(10)8-9/h2-14H,1H3;2-11H,1H3;2-10H,1H3;2-10H,1H3;2*2-8H,1H3. The molecule has 15 aromatic rings. The zero-order valence-electron chi connectivity index (χ0n) is 50.6. The minimum absolute atomic E-state index is 0.182. The van der Waals surface area contributed by atoms with E-state index in [2.05, 4.69) is 320 Å². The molecule has 87 heavy (non-hydrogen) atoms. The Morgan fingerprint density at radius 2 is 0.586 bits per heavy atom. The van der Waals surface area contributed by atoms with Crippen molar-refractivity contribution < 1.29 is 4.39 Å². The van der Waals surface area contributed by atoms with E-state index in [0.717, 1.165) is 22.1 Å². The second-order valence-corrected chi connectivity index (χ2v) is 22.2. The lowest BCUT2D eigenvalue weighted by Gasteiger charge is -2.08. The van der Waals surface area contributed by atoms with Crippen LogP contribution in [0, 0.1) is 47.4 Å². The third kappa shape index (κ3) is 16.0. The van der Waals surface area contributed by atoms with E-state index in [1.54, 1.807) is 12.1 Å². The summed E-state index contributed by atoms with van der Waals surface area (Å²) < 4.78 is 13.5. The van der Waals surface area contributed by atoms with E-state index < -0.39 is 0 Å². The molecule has 0 radical (unpaired) electrons. The molecule has 0 spiro atoms. The van der Waals surface area contributed by atoms with Crippen LogP contribution in [0.1, 0.15) is 33.4 Å². The second-order valence-electron chi connectivity index (χ2n) is 22.2. The van der Waals surface area contributed by atoms with Crippen molar-refractivity contribution in [3.8, 4) is 44.5 Å². The summed E-state index contributed by atoms with van der Waals surface area (Å²) in [4.78, 5) is 0. The molecule has 15 rings (SSSR count). The summed E-state index contributed by atoms with van der Waals surface area (Å²) in [6, 6.07) is 115. The summed E-state index contributed by atoms with van der Waals surface area (Å²) in [7, 11) is 0. The van der Waals surface area contributed by atoms with Gasteiger partial charge >= 0.3 is 0 Å². The van der Waals surface area contributed by atoms with Crippen molar-refractivity contribution in [1.29, 1.82) is 0 Å². The highest BCUT2D eigenvalue weighted by Gasteiger charge is 2.07. The molecule has 424 valence electrons. The number of halogens is 1. The Hall–Kier alpha value is -10.5. The predicted octanol–water partition coefficient (Wildman–Crippen LogP) is 24.5. The van der Waals surface area contributed by atoms with Crippen LogP contribution in [0.5, 0.6) is 0 Å². The van der Waals surface area contributed by atoms with Crippen LogP contribution in [-0.2, 0) is 0 Å². The number of hydrogen-bond acceptors (Lipinski definition) is 0. The first-order chi connectivity index (χ1) is 42.5. The van der Waals surface area contributed by atoms with Gasteiger partial charge in [-0.1, -0.05) is 321 Å². The quantitative estimate of drug-likeness (QED) is 0.154. The van der Waals surface area contributed by atoms with Crippen LogP contribution in [0.15, 0.2) is 334 Å². The molecule has 0 saturated heterocycles. The molecule has 0 bridgehead atoms. The fourth-order valence-corrected chi connectivity index (χ4v) is 11.1. The molecular formula is C86H73F. The van der Waals surface area contributed by atoms with Gasteiger partial charge in [-0.3, -0.25) is 0 Å². The van der Waals surface area contributed by atoms with Gasteiger partial charge in [0.2, 0.25) is 0 Å². The Balaban J connectivity index is 0.000000117. The van der Waals surface area contributed by atoms with E-state index in [4.69, 9.17) is 0 Å². The Morgan fingerprint density at radius 3 is 1.13 bits per heavy atom. The van der Waals surface area contributed by atoms with Crippen molar-refractivity contribution in [3.63, 3.8) is 0 Å². The first-order valence-electron chi connectivity index (χ1n) is 29.9. The summed E-state index contributed by atoms with van der Waals surface area (Å²) in [5, 5.41) is 13.0. The molecule has 1 heteroatoms. The van der Waals surface area contributed by atoms with Crippen molar-refractivity contribution in [1.82, 2.24) is 0 Å². The minimum Gasteiger partial charge on any atom is -0.207 e. The first-order valence-corrected chi connectivity index (χ1v) is 29.9. The third-order valence-electron chi connectivity index (χ3n) is 15.5. The molecule has 0 aromatic heterocycles. The molecule has 0 aliphatic rings. The molecule has 0 aliphatic carbocycles. The highest BCUT2D eigenvalue weighted by atomic mass is 19.1. The number of hydrogen-bond donors (Lipinski definition) is 0. The van der Waals surface area contributed by atoms with Gasteiger partial charge in [-0.05, 0) is 186 Å². The van der Waals surface area contributed by atoms with E-state index in [1.165, 1.54) is 110 Å². The van der Waals surface area contributed by atoms with Crippen LogP contribution < -0.4 is 0 Å². The monoisotopic (exact) mass is 1120 g/mol. The molecule has 0 amide bonds. The Morgan fingerprint density at radius 1 is 0.195 bits per heavy atom. The molecule has 0 fully saturated rings. The van der Waals surface area contributed by atoms with Crippen LogP contribution in [0.3, 0.4) is 0 Å². The van der Waals surface area contributed by atoms with Crippen LogP contribution in [-0.4, -0.2) is 0 Å². The number of benzene rings is 15. The van der Waals surface area contributed by atoms with Gasteiger partial charge in [-0.25, -0.2) is 4.39 Å². The van der Waals surface area contributed by atoms with Gasteiger partial charge in [0, 0.05) is 0 Å². The van der Waals surface area contributed by atoms with E-state index in [0.29, 0.717) is 0 Å². The van der Waals surface area contributed by atoms with Crippen molar-refractivity contribution in [2.24, 2.45) is 0 Å². The third-order valence-corrected chi connectivity index (χ3v) is 15.5. The average Bonchev–Trinajstić information content (AvgIpc) is 3.63. The number of fused-ring (bicyclic) bond motifs is 5. The topological polar surface area (TPSA) is 0 Å². The molecule has 15 aromatic carbocycles. The van der Waals surface area contributed by atoms with Crippen molar-refractivity contribution in [3.05, 3.63) is 373 Å². The van der Waals surface area contributed by atoms with Gasteiger partial charge in [-0.2, -0.15) is 0 Å². The highest BCUT2D eigenvalue weighted by molar-refractivity contribution is 6.02. The maximum Gasteiger partial charge on any atom is 0.124 e. The Kier molecular flexibility index (Phi) is 20.1. The van der Waals surface area contributed by atoms with Crippen LogP contribution in [0.2, 0.25) is 0 Å². The minimum atomic E-state index is -0.182. The summed E-state index contributed by atoms with van der Waals surface area (Å²) in [5.74, 6) is -0.182. The molecule has 0 saturated carbocycles. The van der Waals surface area contributed by atoms with E-state index in [9.17, 15) is 4.39 Å². The van der Waals surface area contributed by atoms with Gasteiger partial charge in [0.05, 0.1) is 0 Å². The molecule has 0 heterocycles. The maximum absolute atomic E-state index is 13.5. The summed E-state index contributed by atoms with van der Waals surface area (Å²) >= 11 is 0. The smallest absolute Gasteiger partial charge is 0.124 e. The largest absolute Gasteiger partial charge is 0.207 e. The number of aryl methyl sites for hydroxylation is 6. The normalized spacial score (nSPS) is 10.5. The SMILES string of the molecule is Cc1c2ccccc2cc2ccccc12.Cc1cc(-c2ccccc2)cc(-c2ccccc2)c1.Cc1cc(F)cc(-c2cccc3ccccc23)c1.Cc1ccc(-c2ccccc2)cc1.Cc1ccc2ccccc2c1.Cc1cccc2ccccc12. The lowest BCUT2D eigenvalue weighted by molar-refractivity contribution is 0.627. The van der Waals surface area contributed by atoms with E-state index >= 15 is 0 Å². The fraction of sp³-hybridized carbons (Fsp3) is 0.0698. The lowest BCUT2D eigenvalue weighted by Crippen LogP contribution is -1.85. The average molecular weight is 1130 g/mol. The van der Waals surface area contributed by atoms with Crippen molar-refractivity contribution >= 4 is 53.9 Å². The molecule has 0 atom stereocenters. The van der Waals surface area contributed by atoms with Crippen LogP contribution in [0.25, 0.3) is 98.4 Å².